The highest BCUT2D eigenvalue weighted by molar-refractivity contribution is 5.85. The molecule has 0 aliphatic heterocycles. The van der Waals surface area contributed by atoms with E-state index >= 15 is 0 Å². The molecule has 0 bridgehead atoms. The summed E-state index contributed by atoms with van der Waals surface area (Å²) in [6.45, 7) is 0.523. The van der Waals surface area contributed by atoms with E-state index in [1.807, 2.05) is 30.3 Å². The van der Waals surface area contributed by atoms with Crippen LogP contribution in [0, 0.1) is 5.92 Å². The smallest absolute Gasteiger partial charge is 0.220 e. The quantitative estimate of drug-likeness (QED) is 0.872. The van der Waals surface area contributed by atoms with E-state index in [1.54, 1.807) is 0 Å². The molecule has 0 aromatic heterocycles. The standard InChI is InChI=1S/C15H22N2O.ClH/c16-14(13-8-2-1-3-9-13)11-17-15(18)10-12-6-4-5-7-12;/h1-3,8-9,12,14H,4-7,10-11,16H2,(H,17,18);1H. The maximum atomic E-state index is 11.8. The lowest BCUT2D eigenvalue weighted by Crippen LogP contribution is -2.32. The molecule has 0 heterocycles. The van der Waals surface area contributed by atoms with Gasteiger partial charge in [0.1, 0.15) is 0 Å². The van der Waals surface area contributed by atoms with Crippen molar-refractivity contribution in [1.29, 1.82) is 0 Å². The van der Waals surface area contributed by atoms with E-state index in [2.05, 4.69) is 5.32 Å². The molecule has 3 nitrogen and oxygen atoms in total. The fourth-order valence-electron chi connectivity index (χ4n) is 2.59. The van der Waals surface area contributed by atoms with Crippen LogP contribution in [-0.4, -0.2) is 12.5 Å². The minimum Gasteiger partial charge on any atom is -0.354 e. The molecule has 1 fully saturated rings. The molecule has 1 aromatic rings. The number of hydrogen-bond donors (Lipinski definition) is 2. The van der Waals surface area contributed by atoms with E-state index in [0.717, 1.165) is 5.56 Å². The monoisotopic (exact) mass is 282 g/mol. The lowest BCUT2D eigenvalue weighted by molar-refractivity contribution is -0.122. The maximum absolute atomic E-state index is 11.8. The Labute approximate surface area is 121 Å². The fourth-order valence-corrected chi connectivity index (χ4v) is 2.59. The molecule has 1 aromatic carbocycles. The molecule has 1 aliphatic rings. The second kappa shape index (κ2) is 8.18. The van der Waals surface area contributed by atoms with Crippen LogP contribution in [0.25, 0.3) is 0 Å². The summed E-state index contributed by atoms with van der Waals surface area (Å²) in [6.07, 6.45) is 5.64. The number of benzene rings is 1. The average Bonchev–Trinajstić information content (AvgIpc) is 2.90. The van der Waals surface area contributed by atoms with Gasteiger partial charge in [-0.3, -0.25) is 4.79 Å². The largest absolute Gasteiger partial charge is 0.354 e. The maximum Gasteiger partial charge on any atom is 0.220 e. The van der Waals surface area contributed by atoms with Crippen LogP contribution in [0.4, 0.5) is 0 Å². The van der Waals surface area contributed by atoms with Gasteiger partial charge in [0.05, 0.1) is 0 Å². The molecule has 1 amide bonds. The topological polar surface area (TPSA) is 55.1 Å². The van der Waals surface area contributed by atoms with E-state index in [1.165, 1.54) is 25.7 Å². The molecule has 0 spiro atoms. The highest BCUT2D eigenvalue weighted by Gasteiger charge is 2.18. The van der Waals surface area contributed by atoms with Crippen molar-refractivity contribution in [1.82, 2.24) is 5.32 Å². The van der Waals surface area contributed by atoms with Crippen molar-refractivity contribution in [3.63, 3.8) is 0 Å². The van der Waals surface area contributed by atoms with Crippen LogP contribution in [0.15, 0.2) is 30.3 Å². The summed E-state index contributed by atoms with van der Waals surface area (Å²) in [5.41, 5.74) is 7.10. The predicted octanol–water partition coefficient (Wildman–Crippen LogP) is 2.80. The number of nitrogens with two attached hydrogens (primary N) is 1. The molecule has 1 saturated carbocycles. The summed E-state index contributed by atoms with van der Waals surface area (Å²) in [5.74, 6) is 0.742. The van der Waals surface area contributed by atoms with Gasteiger partial charge in [-0.05, 0) is 24.3 Å². The molecule has 3 N–H and O–H groups in total. The van der Waals surface area contributed by atoms with Crippen LogP contribution in [0.1, 0.15) is 43.7 Å². The van der Waals surface area contributed by atoms with Gasteiger partial charge < -0.3 is 11.1 Å². The Hall–Kier alpha value is -1.06. The zero-order chi connectivity index (χ0) is 12.8. The zero-order valence-corrected chi connectivity index (χ0v) is 12.0. The van der Waals surface area contributed by atoms with E-state index in [4.69, 9.17) is 5.73 Å². The second-order valence-corrected chi connectivity index (χ2v) is 5.18. The number of amides is 1. The summed E-state index contributed by atoms with van der Waals surface area (Å²) < 4.78 is 0. The Bertz CT molecular complexity index is 377. The van der Waals surface area contributed by atoms with Gasteiger partial charge in [-0.15, -0.1) is 12.4 Å². The molecule has 4 heteroatoms. The number of carbonyl (C=O) groups is 1. The highest BCUT2D eigenvalue weighted by atomic mass is 35.5. The van der Waals surface area contributed by atoms with Gasteiger partial charge in [-0.1, -0.05) is 43.2 Å². The van der Waals surface area contributed by atoms with Gasteiger partial charge in [0, 0.05) is 19.0 Å². The van der Waals surface area contributed by atoms with Crippen LogP contribution < -0.4 is 11.1 Å². The van der Waals surface area contributed by atoms with Crippen molar-refractivity contribution in [3.05, 3.63) is 35.9 Å². The summed E-state index contributed by atoms with van der Waals surface area (Å²) in [7, 11) is 0. The van der Waals surface area contributed by atoms with Crippen LogP contribution >= 0.6 is 12.4 Å². The molecule has 0 radical (unpaired) electrons. The zero-order valence-electron chi connectivity index (χ0n) is 11.2. The first-order valence-electron chi connectivity index (χ1n) is 6.83. The SMILES string of the molecule is Cl.NC(CNC(=O)CC1CCCC1)c1ccccc1. The van der Waals surface area contributed by atoms with E-state index < -0.39 is 0 Å². The third-order valence-electron chi connectivity index (χ3n) is 3.70. The van der Waals surface area contributed by atoms with Crippen LogP contribution in [0.2, 0.25) is 0 Å². The first-order chi connectivity index (χ1) is 8.75. The summed E-state index contributed by atoms with van der Waals surface area (Å²) in [4.78, 5) is 11.8. The molecule has 106 valence electrons. The number of rotatable bonds is 5. The summed E-state index contributed by atoms with van der Waals surface area (Å²) in [5, 5.41) is 2.94. The molecule has 1 aliphatic carbocycles. The Morgan fingerprint density at radius 3 is 2.53 bits per heavy atom. The number of hydrogen-bond acceptors (Lipinski definition) is 2. The lowest BCUT2D eigenvalue weighted by atomic mass is 10.0. The molecule has 1 unspecified atom stereocenters. The molecule has 1 atom stereocenters. The van der Waals surface area contributed by atoms with Crippen molar-refractivity contribution in [2.75, 3.05) is 6.54 Å². The highest BCUT2D eigenvalue weighted by Crippen LogP contribution is 2.27. The fraction of sp³-hybridized carbons (Fsp3) is 0.533. The van der Waals surface area contributed by atoms with Crippen LogP contribution in [0.3, 0.4) is 0 Å². The summed E-state index contributed by atoms with van der Waals surface area (Å²) >= 11 is 0. The van der Waals surface area contributed by atoms with Gasteiger partial charge in [0.2, 0.25) is 5.91 Å². The third kappa shape index (κ3) is 5.21. The van der Waals surface area contributed by atoms with Crippen molar-refractivity contribution in [3.8, 4) is 0 Å². The Morgan fingerprint density at radius 2 is 1.89 bits per heavy atom. The minimum absolute atomic E-state index is 0. The van der Waals surface area contributed by atoms with E-state index in [-0.39, 0.29) is 24.4 Å². The van der Waals surface area contributed by atoms with Gasteiger partial charge in [0.15, 0.2) is 0 Å². The second-order valence-electron chi connectivity index (χ2n) is 5.18. The van der Waals surface area contributed by atoms with Crippen molar-refractivity contribution in [2.45, 2.75) is 38.1 Å². The van der Waals surface area contributed by atoms with E-state index in [9.17, 15) is 4.79 Å². The summed E-state index contributed by atoms with van der Waals surface area (Å²) in [6, 6.07) is 9.78. The molecular formula is C15H23ClN2O. The van der Waals surface area contributed by atoms with Crippen LogP contribution in [0.5, 0.6) is 0 Å². The number of halogens is 1. The number of carbonyl (C=O) groups excluding carboxylic acids is 1. The van der Waals surface area contributed by atoms with Crippen LogP contribution in [-0.2, 0) is 4.79 Å². The molecule has 19 heavy (non-hydrogen) atoms. The Balaban J connectivity index is 0.00000180. The van der Waals surface area contributed by atoms with Crippen molar-refractivity contribution in [2.24, 2.45) is 11.7 Å². The normalized spacial score (nSPS) is 16.7. The van der Waals surface area contributed by atoms with E-state index in [0.29, 0.717) is 18.9 Å². The molecule has 0 saturated heterocycles. The lowest BCUT2D eigenvalue weighted by Gasteiger charge is -2.14. The predicted molar refractivity (Wildman–Crippen MR) is 80.2 cm³/mol. The Morgan fingerprint density at radius 1 is 1.26 bits per heavy atom. The first kappa shape index (κ1) is 16.0. The van der Waals surface area contributed by atoms with Crippen molar-refractivity contribution >= 4 is 18.3 Å². The van der Waals surface area contributed by atoms with Gasteiger partial charge >= 0.3 is 0 Å². The molecule has 2 rings (SSSR count). The van der Waals surface area contributed by atoms with Gasteiger partial charge in [-0.2, -0.15) is 0 Å². The minimum atomic E-state index is -0.112. The van der Waals surface area contributed by atoms with Gasteiger partial charge in [0.25, 0.3) is 0 Å². The number of nitrogens with one attached hydrogen (secondary N) is 1. The molecular weight excluding hydrogens is 260 g/mol. The average molecular weight is 283 g/mol. The first-order valence-corrected chi connectivity index (χ1v) is 6.83. The van der Waals surface area contributed by atoms with Crippen molar-refractivity contribution < 1.29 is 4.79 Å². The Kier molecular flexibility index (Phi) is 6.89. The van der Waals surface area contributed by atoms with Gasteiger partial charge in [-0.25, -0.2) is 0 Å². The third-order valence-corrected chi connectivity index (χ3v) is 3.70.